The van der Waals surface area contributed by atoms with Crippen molar-refractivity contribution in [2.45, 2.75) is 52.0 Å². The Balaban J connectivity index is 2.58. The number of nitrogens with zero attached hydrogens (tertiary/aromatic N) is 1. The lowest BCUT2D eigenvalue weighted by molar-refractivity contribution is -0.138. The molecule has 0 aromatic carbocycles. The second-order valence-corrected chi connectivity index (χ2v) is 4.83. The number of halogens is 1. The summed E-state index contributed by atoms with van der Waals surface area (Å²) >= 11 is 5.74. The molecular formula is C12H22ClNO. The van der Waals surface area contributed by atoms with Gasteiger partial charge in [-0.15, -0.1) is 11.6 Å². The Kier molecular flexibility index (Phi) is 5.44. The van der Waals surface area contributed by atoms with Crippen molar-refractivity contribution in [2.24, 2.45) is 5.92 Å². The van der Waals surface area contributed by atoms with Crippen LogP contribution in [0.15, 0.2) is 0 Å². The van der Waals surface area contributed by atoms with E-state index in [1.165, 1.54) is 12.8 Å². The van der Waals surface area contributed by atoms with Crippen LogP contribution in [0.3, 0.4) is 0 Å². The van der Waals surface area contributed by atoms with Gasteiger partial charge in [-0.2, -0.15) is 0 Å². The van der Waals surface area contributed by atoms with Crippen LogP contribution in [0.2, 0.25) is 0 Å². The van der Waals surface area contributed by atoms with Crippen LogP contribution < -0.4 is 0 Å². The fourth-order valence-electron chi connectivity index (χ4n) is 2.27. The maximum atomic E-state index is 12.1. The summed E-state index contributed by atoms with van der Waals surface area (Å²) in [6.45, 7) is 5.04. The van der Waals surface area contributed by atoms with Crippen LogP contribution in [-0.4, -0.2) is 29.3 Å². The third-order valence-electron chi connectivity index (χ3n) is 3.19. The zero-order chi connectivity index (χ0) is 11.3. The molecule has 2 unspecified atom stereocenters. The van der Waals surface area contributed by atoms with Gasteiger partial charge >= 0.3 is 0 Å². The second kappa shape index (κ2) is 6.37. The number of carbonyl (C=O) groups is 1. The SMILES string of the molecule is CCCC1CCCCN1C(=O)C(C)CCl. The molecule has 0 N–H and O–H groups in total. The molecule has 0 aromatic rings. The second-order valence-electron chi connectivity index (χ2n) is 4.53. The molecule has 1 rings (SSSR count). The van der Waals surface area contributed by atoms with E-state index in [-0.39, 0.29) is 11.8 Å². The van der Waals surface area contributed by atoms with Gasteiger partial charge in [-0.05, 0) is 25.7 Å². The van der Waals surface area contributed by atoms with Crippen LogP contribution in [0.5, 0.6) is 0 Å². The van der Waals surface area contributed by atoms with Gasteiger partial charge in [-0.25, -0.2) is 0 Å². The van der Waals surface area contributed by atoms with Gasteiger partial charge in [-0.1, -0.05) is 20.3 Å². The van der Waals surface area contributed by atoms with Gasteiger partial charge in [-0.3, -0.25) is 4.79 Å². The number of likely N-dealkylation sites (tertiary alicyclic amines) is 1. The third-order valence-corrected chi connectivity index (χ3v) is 3.65. The Morgan fingerprint density at radius 2 is 2.27 bits per heavy atom. The van der Waals surface area contributed by atoms with Gasteiger partial charge < -0.3 is 4.90 Å². The molecule has 15 heavy (non-hydrogen) atoms. The summed E-state index contributed by atoms with van der Waals surface area (Å²) in [6.07, 6.45) is 5.89. The minimum Gasteiger partial charge on any atom is -0.339 e. The van der Waals surface area contributed by atoms with Crippen molar-refractivity contribution in [3.8, 4) is 0 Å². The fourth-order valence-corrected chi connectivity index (χ4v) is 2.41. The summed E-state index contributed by atoms with van der Waals surface area (Å²) in [5.41, 5.74) is 0. The third kappa shape index (κ3) is 3.37. The number of hydrogen-bond donors (Lipinski definition) is 0. The lowest BCUT2D eigenvalue weighted by Gasteiger charge is -2.37. The predicted molar refractivity (Wildman–Crippen MR) is 64.1 cm³/mol. The lowest BCUT2D eigenvalue weighted by Crippen LogP contribution is -2.46. The van der Waals surface area contributed by atoms with E-state index in [4.69, 9.17) is 11.6 Å². The molecule has 3 heteroatoms. The molecule has 0 bridgehead atoms. The van der Waals surface area contributed by atoms with Crippen LogP contribution in [0.25, 0.3) is 0 Å². The minimum atomic E-state index is -0.0240. The van der Waals surface area contributed by atoms with Gasteiger partial charge in [0.2, 0.25) is 5.91 Å². The first-order chi connectivity index (χ1) is 7.20. The normalized spacial score (nSPS) is 23.9. The van der Waals surface area contributed by atoms with Crippen molar-refractivity contribution in [2.75, 3.05) is 12.4 Å². The number of amides is 1. The van der Waals surface area contributed by atoms with E-state index in [1.807, 2.05) is 6.92 Å². The Hall–Kier alpha value is -0.240. The lowest BCUT2D eigenvalue weighted by atomic mass is 9.96. The van der Waals surface area contributed by atoms with E-state index >= 15 is 0 Å². The van der Waals surface area contributed by atoms with E-state index in [1.54, 1.807) is 0 Å². The molecule has 1 heterocycles. The zero-order valence-electron chi connectivity index (χ0n) is 9.84. The highest BCUT2D eigenvalue weighted by atomic mass is 35.5. The molecule has 88 valence electrons. The van der Waals surface area contributed by atoms with Crippen molar-refractivity contribution in [3.63, 3.8) is 0 Å². The highest BCUT2D eigenvalue weighted by molar-refractivity contribution is 6.19. The zero-order valence-corrected chi connectivity index (χ0v) is 10.6. The van der Waals surface area contributed by atoms with E-state index in [0.717, 1.165) is 25.8 Å². The average Bonchev–Trinajstić information content (AvgIpc) is 2.28. The topological polar surface area (TPSA) is 20.3 Å². The molecule has 0 aromatic heterocycles. The molecule has 0 saturated carbocycles. The smallest absolute Gasteiger partial charge is 0.226 e. The van der Waals surface area contributed by atoms with Gasteiger partial charge in [0.05, 0.1) is 0 Å². The summed E-state index contributed by atoms with van der Waals surface area (Å²) in [6, 6.07) is 0.474. The van der Waals surface area contributed by atoms with Crippen LogP contribution in [0.4, 0.5) is 0 Å². The summed E-state index contributed by atoms with van der Waals surface area (Å²) in [7, 11) is 0. The van der Waals surface area contributed by atoms with Crippen LogP contribution in [-0.2, 0) is 4.79 Å². The quantitative estimate of drug-likeness (QED) is 0.681. The number of alkyl halides is 1. The van der Waals surface area contributed by atoms with Crippen LogP contribution in [0, 0.1) is 5.92 Å². The predicted octanol–water partition coefficient (Wildman–Crippen LogP) is 3.04. The van der Waals surface area contributed by atoms with Gasteiger partial charge in [0.25, 0.3) is 0 Å². The summed E-state index contributed by atoms with van der Waals surface area (Å²) in [4.78, 5) is 14.1. The number of carbonyl (C=O) groups excluding carboxylic acids is 1. The Labute approximate surface area is 98.0 Å². The molecule has 1 aliphatic rings. The van der Waals surface area contributed by atoms with E-state index in [2.05, 4.69) is 11.8 Å². The van der Waals surface area contributed by atoms with Gasteiger partial charge in [0.15, 0.2) is 0 Å². The van der Waals surface area contributed by atoms with Gasteiger partial charge in [0.1, 0.15) is 0 Å². The molecule has 0 spiro atoms. The maximum Gasteiger partial charge on any atom is 0.226 e. The summed E-state index contributed by atoms with van der Waals surface area (Å²) in [5, 5.41) is 0. The number of piperidine rings is 1. The first-order valence-corrected chi connectivity index (χ1v) is 6.60. The summed E-state index contributed by atoms with van der Waals surface area (Å²) < 4.78 is 0. The maximum absolute atomic E-state index is 12.1. The van der Waals surface area contributed by atoms with Crippen molar-refractivity contribution in [1.29, 1.82) is 0 Å². The molecule has 0 aliphatic carbocycles. The van der Waals surface area contributed by atoms with Crippen molar-refractivity contribution < 1.29 is 4.79 Å². The molecule has 0 radical (unpaired) electrons. The number of hydrogen-bond acceptors (Lipinski definition) is 1. The highest BCUT2D eigenvalue weighted by Crippen LogP contribution is 2.22. The van der Waals surface area contributed by atoms with E-state index in [0.29, 0.717) is 11.9 Å². The van der Waals surface area contributed by atoms with Crippen molar-refractivity contribution in [3.05, 3.63) is 0 Å². The van der Waals surface area contributed by atoms with E-state index in [9.17, 15) is 4.79 Å². The Bertz CT molecular complexity index is 206. The number of rotatable bonds is 4. The molecule has 1 saturated heterocycles. The minimum absolute atomic E-state index is 0.0240. The largest absolute Gasteiger partial charge is 0.339 e. The molecule has 2 nitrogen and oxygen atoms in total. The Morgan fingerprint density at radius 1 is 1.53 bits per heavy atom. The summed E-state index contributed by atoms with van der Waals surface area (Å²) in [5.74, 6) is 0.668. The molecule has 1 aliphatic heterocycles. The monoisotopic (exact) mass is 231 g/mol. The molecule has 2 atom stereocenters. The molecular weight excluding hydrogens is 210 g/mol. The van der Waals surface area contributed by atoms with Crippen molar-refractivity contribution in [1.82, 2.24) is 4.90 Å². The Morgan fingerprint density at radius 3 is 2.87 bits per heavy atom. The fraction of sp³-hybridized carbons (Fsp3) is 0.917. The first-order valence-electron chi connectivity index (χ1n) is 6.07. The molecule has 1 fully saturated rings. The van der Waals surface area contributed by atoms with E-state index < -0.39 is 0 Å². The van der Waals surface area contributed by atoms with Gasteiger partial charge in [0, 0.05) is 24.4 Å². The highest BCUT2D eigenvalue weighted by Gasteiger charge is 2.28. The molecule has 1 amide bonds. The van der Waals surface area contributed by atoms with Crippen LogP contribution >= 0.6 is 11.6 Å². The van der Waals surface area contributed by atoms with Crippen molar-refractivity contribution >= 4 is 17.5 Å². The van der Waals surface area contributed by atoms with Crippen LogP contribution in [0.1, 0.15) is 46.0 Å². The standard InChI is InChI=1S/C12H22ClNO/c1-3-6-11-7-4-5-8-14(11)12(15)10(2)9-13/h10-11H,3-9H2,1-2H3. The average molecular weight is 232 g/mol. The first kappa shape index (κ1) is 12.8.